The number of nitrogens with one attached hydrogen (secondary N) is 2. The minimum atomic E-state index is -1.82. The summed E-state index contributed by atoms with van der Waals surface area (Å²) in [4.78, 5) is 42.9. The Kier molecular flexibility index (Phi) is 73.9. The molecule has 0 aliphatic heterocycles. The van der Waals surface area contributed by atoms with E-state index in [2.05, 4.69) is 4.98 Å². The molecule has 0 aromatic carbocycles. The predicted octanol–water partition coefficient (Wildman–Crippen LogP) is 9.07. The number of carboxylic acid groups (broad SMARTS) is 4. The van der Waals surface area contributed by atoms with Gasteiger partial charge in [0.25, 0.3) is 0 Å². The van der Waals surface area contributed by atoms with E-state index in [0.717, 1.165) is 18.5 Å². The van der Waals surface area contributed by atoms with Gasteiger partial charge in [-0.2, -0.15) is 12.1 Å². The summed E-state index contributed by atoms with van der Waals surface area (Å²) >= 11 is -0.944. The Morgan fingerprint density at radius 3 is 1.25 bits per heavy atom. The van der Waals surface area contributed by atoms with Gasteiger partial charge in [-0.15, -0.1) is 0 Å². The van der Waals surface area contributed by atoms with Crippen LogP contribution in [0, 0.1) is 27.2 Å². The number of pyridine rings is 1. The number of halogens is 4. The normalized spacial score (nSPS) is 15.4. The molecule has 2 aliphatic carbocycles. The third-order valence-electron chi connectivity index (χ3n) is 4.79. The van der Waals surface area contributed by atoms with Gasteiger partial charge in [-0.05, 0) is 38.3 Å². The molecular weight excluding hydrogens is 1400 g/mol. The van der Waals surface area contributed by atoms with Crippen molar-refractivity contribution in [3.8, 4) is 0 Å². The first-order valence-corrected chi connectivity index (χ1v) is 21.4. The number of hydrogen-bond donors (Lipinski definition) is 4. The molecule has 0 bridgehead atoms. The fourth-order valence-corrected chi connectivity index (χ4v) is 2.63. The van der Waals surface area contributed by atoms with Crippen molar-refractivity contribution in [2.75, 3.05) is 0 Å². The maximum absolute atomic E-state index is 10.4. The van der Waals surface area contributed by atoms with Gasteiger partial charge in [0.15, 0.2) is 5.41 Å². The Morgan fingerprint density at radius 1 is 0.841 bits per heavy atom. The Labute approximate surface area is 322 Å². The summed E-state index contributed by atoms with van der Waals surface area (Å²) in [5.74, 6) is -6.05. The van der Waals surface area contributed by atoms with Crippen LogP contribution in [0.15, 0.2) is 24.4 Å². The van der Waals surface area contributed by atoms with Crippen LogP contribution in [0.3, 0.4) is 0 Å². The van der Waals surface area contributed by atoms with Crippen LogP contribution in [0.1, 0.15) is 50.6 Å². The minimum absolute atomic E-state index is 0. The molecule has 0 spiro atoms. The third kappa shape index (κ3) is 38.9. The van der Waals surface area contributed by atoms with Gasteiger partial charge >= 0.3 is 137 Å². The van der Waals surface area contributed by atoms with E-state index in [4.69, 9.17) is 79.2 Å². The summed E-state index contributed by atoms with van der Waals surface area (Å²) in [5, 5.41) is 31.7. The molecule has 14 nitrogen and oxygen atoms in total. The molecule has 276 valence electrons. The van der Waals surface area contributed by atoms with E-state index in [1.807, 2.05) is 25.1 Å². The molecule has 2 saturated carbocycles. The smallest absolute Gasteiger partial charge is 0.693 e. The number of hydrogen-bond acceptors (Lipinski definition) is 5. The van der Waals surface area contributed by atoms with Crippen LogP contribution in [-0.4, -0.2) is 61.4 Å². The predicted molar refractivity (Wildman–Crippen MR) is 163 cm³/mol. The Hall–Kier alpha value is 0.743. The van der Waals surface area contributed by atoms with Gasteiger partial charge in [-0.3, -0.25) is 14.6 Å². The zero-order valence-electron chi connectivity index (χ0n) is 23.8. The Balaban J connectivity index is -0.0000000397. The molecule has 1 heterocycles. The van der Waals surface area contributed by atoms with E-state index in [1.165, 1.54) is 12.8 Å². The standard InChI is InChI=1S/C6H12N2.C6H7N.C6H8O4.C2H2O4.2CH3.4ClH.3H2N.4Pt/c7-5-3-1-2-4-6(5)8;1-6-4-2-3-5-7-6;7-4(8)6(5(9)10)2-1-3-6;3-1(4)2(5)6;;;;;;;;;;;;;/h5-8H,1-4H2;2-5H,1H3;1-3H2,(H,7,8)(H,9,10);(H,3,4)(H,5,6);2*1H3;4*1H;3*1H2;;;;/q-2;;;;2*-1;;;;;3*-1;3*+2;+4/p-4/t5-,6-;;;;;;;;;;;;;;;;/m1................/s1. The Bertz CT molecular complexity index is 760. The molecule has 1 aromatic rings. The molecule has 2 atom stereocenters. The molecule has 3 rings (SSSR count). The van der Waals surface area contributed by atoms with Crippen LogP contribution in [-0.2, 0) is 94.3 Å². The van der Waals surface area contributed by atoms with Crippen molar-refractivity contribution < 1.29 is 115 Å². The van der Waals surface area contributed by atoms with Crippen LogP contribution in [0.2, 0.25) is 0 Å². The van der Waals surface area contributed by atoms with E-state index in [0.29, 0.717) is 6.42 Å². The SMILES string of the molecule is Cc1ccccn1.O=C(O)C(=O)O.O=C(O)C1(C(=O)O)CCC1.[CH3-].[CH3-].[Cl][Pt+2][Cl].[Cl][Pt][Cl].[NH-][C@@H]1CCCC[C@H]1[NH-].[NH2-].[NH2-].[NH2-].[Pt+2].[Pt+2]. The van der Waals surface area contributed by atoms with Crippen molar-refractivity contribution in [3.05, 3.63) is 74.9 Å². The van der Waals surface area contributed by atoms with Crippen molar-refractivity contribution in [2.45, 2.75) is 64.0 Å². The molecule has 12 N–H and O–H groups in total. The van der Waals surface area contributed by atoms with Crippen molar-refractivity contribution in [3.63, 3.8) is 0 Å². The van der Waals surface area contributed by atoms with Crippen molar-refractivity contribution in [2.24, 2.45) is 5.41 Å². The van der Waals surface area contributed by atoms with Gasteiger partial charge in [0.05, 0.1) is 0 Å². The monoisotopic (exact) mass is 1440 g/mol. The number of aryl methyl sites for hydroxylation is 1. The molecule has 44 heavy (non-hydrogen) atoms. The quantitative estimate of drug-likeness (QED) is 0.124. The second-order valence-corrected chi connectivity index (χ2v) is 13.8. The number of nitrogens with zero attached hydrogens (tertiary/aromatic N) is 1. The zero-order valence-corrected chi connectivity index (χ0v) is 35.9. The van der Waals surface area contributed by atoms with E-state index in [9.17, 15) is 9.59 Å². The van der Waals surface area contributed by atoms with Crippen molar-refractivity contribution >= 4 is 61.5 Å². The fourth-order valence-electron chi connectivity index (χ4n) is 2.63. The maximum atomic E-state index is 10.4. The number of aromatic nitrogens is 1. The molecule has 2 aliphatic rings. The molecule has 0 amide bonds. The molecule has 0 saturated heterocycles. The van der Waals surface area contributed by atoms with E-state index >= 15 is 0 Å². The second kappa shape index (κ2) is 45.9. The summed E-state index contributed by atoms with van der Waals surface area (Å²) in [6.07, 6.45) is 7.29. The average Bonchev–Trinajstić information content (AvgIpc) is 2.77. The van der Waals surface area contributed by atoms with Gasteiger partial charge in [0.2, 0.25) is 0 Å². The van der Waals surface area contributed by atoms with E-state index < -0.39 is 62.3 Å². The van der Waals surface area contributed by atoms with E-state index in [1.54, 1.807) is 6.20 Å². The first-order chi connectivity index (χ1) is 17.3. The number of nitrogens with two attached hydrogens (primary N) is 3. The van der Waals surface area contributed by atoms with Crippen LogP contribution >= 0.6 is 37.7 Å². The molecule has 22 heteroatoms. The second-order valence-electron chi connectivity index (χ2n) is 7.22. The molecule has 0 unspecified atom stereocenters. The van der Waals surface area contributed by atoms with Crippen LogP contribution < -0.4 is 0 Å². The molecule has 0 radical (unpaired) electrons. The van der Waals surface area contributed by atoms with E-state index in [-0.39, 0.29) is 100 Å². The summed E-state index contributed by atoms with van der Waals surface area (Å²) in [7, 11) is 19.5. The van der Waals surface area contributed by atoms with Crippen LogP contribution in [0.5, 0.6) is 0 Å². The third-order valence-corrected chi connectivity index (χ3v) is 4.79. The summed E-state index contributed by atoms with van der Waals surface area (Å²) < 4.78 is 0. The first-order valence-electron chi connectivity index (χ1n) is 10.1. The molecular formula is C22H41Cl4N6O8Pt4-. The van der Waals surface area contributed by atoms with Gasteiger partial charge in [0.1, 0.15) is 0 Å². The van der Waals surface area contributed by atoms with Gasteiger partial charge < -0.3 is 65.2 Å². The summed E-state index contributed by atoms with van der Waals surface area (Å²) in [5.41, 5.74) is 14.2. The summed E-state index contributed by atoms with van der Waals surface area (Å²) in [6, 6.07) is 5.70. The number of aliphatic carboxylic acids is 4. The minimum Gasteiger partial charge on any atom is -0.693 e. The average molecular weight is 1440 g/mol. The Morgan fingerprint density at radius 2 is 1.16 bits per heavy atom. The molecule has 1 aromatic heterocycles. The maximum Gasteiger partial charge on any atom is 2.00 e. The van der Waals surface area contributed by atoms with Gasteiger partial charge in [-0.1, -0.05) is 31.7 Å². The number of rotatable bonds is 2. The largest absolute Gasteiger partial charge is 2.00 e. The van der Waals surface area contributed by atoms with Gasteiger partial charge in [-0.25, -0.2) is 9.59 Å². The zero-order chi connectivity index (χ0) is 29.4. The van der Waals surface area contributed by atoms with Gasteiger partial charge in [0, 0.05) is 11.9 Å². The molecule has 2 fully saturated rings. The first kappa shape index (κ1) is 70.9. The van der Waals surface area contributed by atoms with Crippen molar-refractivity contribution in [1.82, 2.24) is 4.98 Å². The fraction of sp³-hybridized carbons (Fsp3) is 0.500. The number of carbonyl (C=O) groups is 4. The summed E-state index contributed by atoms with van der Waals surface area (Å²) in [6.45, 7) is 1.97. The number of carboxylic acids is 4. The topological polar surface area (TPSA) is 310 Å². The van der Waals surface area contributed by atoms with Crippen LogP contribution in [0.25, 0.3) is 29.9 Å². The van der Waals surface area contributed by atoms with Crippen molar-refractivity contribution in [1.29, 1.82) is 0 Å². The van der Waals surface area contributed by atoms with Crippen LogP contribution in [0.4, 0.5) is 0 Å².